The molecule has 0 bridgehead atoms. The van der Waals surface area contributed by atoms with Gasteiger partial charge in [-0.3, -0.25) is 4.90 Å². The summed E-state index contributed by atoms with van der Waals surface area (Å²) < 4.78 is 0. The Labute approximate surface area is 91.6 Å². The minimum absolute atomic E-state index is 0.0385. The van der Waals surface area contributed by atoms with Crippen molar-refractivity contribution >= 4 is 6.03 Å². The first-order valence-electron chi connectivity index (χ1n) is 5.67. The highest BCUT2D eigenvalue weighted by molar-refractivity contribution is 5.73. The van der Waals surface area contributed by atoms with Crippen molar-refractivity contribution in [3.8, 4) is 0 Å². The molecule has 0 aromatic heterocycles. The molecular weight excluding hydrogens is 192 g/mol. The molecule has 15 heavy (non-hydrogen) atoms. The molecule has 3 N–H and O–H groups in total. The minimum Gasteiger partial charge on any atom is -0.341 e. The van der Waals surface area contributed by atoms with Crippen LogP contribution < -0.4 is 11.1 Å². The zero-order chi connectivity index (χ0) is 11.1. The summed E-state index contributed by atoms with van der Waals surface area (Å²) in [6.07, 6.45) is 2.26. The molecule has 0 aromatic rings. The number of urea groups is 1. The Morgan fingerprint density at radius 1 is 1.27 bits per heavy atom. The highest BCUT2D eigenvalue weighted by Gasteiger charge is 2.19. The predicted molar refractivity (Wildman–Crippen MR) is 60.8 cm³/mol. The molecule has 1 rings (SSSR count). The number of rotatable bonds is 4. The number of unbranched alkanes of at least 4 members (excludes halogenated alkanes) is 1. The molecule has 0 atom stereocenters. The smallest absolute Gasteiger partial charge is 0.317 e. The molecule has 1 heterocycles. The van der Waals surface area contributed by atoms with E-state index in [4.69, 9.17) is 5.73 Å². The second kappa shape index (κ2) is 6.63. The Bertz CT molecular complexity index is 190. The van der Waals surface area contributed by atoms with Gasteiger partial charge in [0.25, 0.3) is 0 Å². The number of carbonyl (C=O) groups is 1. The molecule has 1 aliphatic heterocycles. The summed E-state index contributed by atoms with van der Waals surface area (Å²) in [6.45, 7) is 5.53. The average molecular weight is 214 g/mol. The van der Waals surface area contributed by atoms with Gasteiger partial charge in [-0.05, 0) is 25.9 Å². The van der Waals surface area contributed by atoms with Crippen LogP contribution in [0.2, 0.25) is 0 Å². The number of carbonyl (C=O) groups excluding carboxylic acids is 1. The Kier molecular flexibility index (Phi) is 5.42. The van der Waals surface area contributed by atoms with Crippen molar-refractivity contribution in [2.75, 3.05) is 46.3 Å². The first-order valence-corrected chi connectivity index (χ1v) is 5.67. The number of nitrogens with two attached hydrogens (primary N) is 1. The van der Waals surface area contributed by atoms with Crippen molar-refractivity contribution in [2.45, 2.75) is 12.8 Å². The van der Waals surface area contributed by atoms with Gasteiger partial charge in [0.2, 0.25) is 0 Å². The maximum atomic E-state index is 11.3. The molecule has 0 saturated carbocycles. The highest BCUT2D eigenvalue weighted by Crippen LogP contribution is 2.03. The number of amides is 2. The maximum Gasteiger partial charge on any atom is 0.317 e. The molecule has 1 fully saturated rings. The summed E-state index contributed by atoms with van der Waals surface area (Å²) in [5, 5.41) is 2.65. The van der Waals surface area contributed by atoms with Crippen molar-refractivity contribution in [3.05, 3.63) is 0 Å². The van der Waals surface area contributed by atoms with Gasteiger partial charge in [-0.2, -0.15) is 0 Å². The van der Waals surface area contributed by atoms with Crippen LogP contribution in [-0.4, -0.2) is 62.1 Å². The second-order valence-electron chi connectivity index (χ2n) is 3.88. The molecule has 0 aromatic carbocycles. The van der Waals surface area contributed by atoms with Gasteiger partial charge in [0.1, 0.15) is 0 Å². The fourth-order valence-electron chi connectivity index (χ4n) is 1.81. The third-order valence-electron chi connectivity index (χ3n) is 2.80. The van der Waals surface area contributed by atoms with E-state index in [0.717, 1.165) is 52.1 Å². The van der Waals surface area contributed by atoms with Crippen LogP contribution in [0.25, 0.3) is 0 Å². The normalized spacial score (nSPS) is 17.9. The van der Waals surface area contributed by atoms with Crippen LogP contribution >= 0.6 is 0 Å². The topological polar surface area (TPSA) is 61.6 Å². The van der Waals surface area contributed by atoms with E-state index in [0.29, 0.717) is 0 Å². The molecule has 0 aliphatic carbocycles. The number of hydrogen-bond acceptors (Lipinski definition) is 3. The van der Waals surface area contributed by atoms with Gasteiger partial charge in [-0.25, -0.2) is 4.79 Å². The van der Waals surface area contributed by atoms with Crippen LogP contribution in [-0.2, 0) is 0 Å². The number of hydrogen-bond donors (Lipinski definition) is 2. The number of piperazine rings is 1. The van der Waals surface area contributed by atoms with Gasteiger partial charge in [0, 0.05) is 33.2 Å². The van der Waals surface area contributed by atoms with Gasteiger partial charge in [-0.1, -0.05) is 0 Å². The molecule has 1 aliphatic rings. The lowest BCUT2D eigenvalue weighted by atomic mass is 10.2. The number of nitrogens with zero attached hydrogens (tertiary/aromatic N) is 2. The highest BCUT2D eigenvalue weighted by atomic mass is 16.2. The maximum absolute atomic E-state index is 11.3. The largest absolute Gasteiger partial charge is 0.341 e. The molecule has 1 saturated heterocycles. The zero-order valence-electron chi connectivity index (χ0n) is 9.54. The molecule has 0 spiro atoms. The summed E-state index contributed by atoms with van der Waals surface area (Å²) in [6, 6.07) is 0.0385. The summed E-state index contributed by atoms with van der Waals surface area (Å²) in [5.41, 5.74) is 5.44. The van der Waals surface area contributed by atoms with Gasteiger partial charge in [0.05, 0.1) is 0 Å². The Morgan fingerprint density at radius 2 is 1.93 bits per heavy atom. The Morgan fingerprint density at radius 3 is 2.47 bits per heavy atom. The van der Waals surface area contributed by atoms with E-state index < -0.39 is 0 Å². The lowest BCUT2D eigenvalue weighted by Crippen LogP contribution is -2.51. The third kappa shape index (κ3) is 4.05. The molecular formula is C10H22N4O. The van der Waals surface area contributed by atoms with Crippen molar-refractivity contribution in [2.24, 2.45) is 5.73 Å². The van der Waals surface area contributed by atoms with Gasteiger partial charge in [0.15, 0.2) is 0 Å². The van der Waals surface area contributed by atoms with Crippen LogP contribution in [0.4, 0.5) is 4.79 Å². The lowest BCUT2D eigenvalue weighted by molar-refractivity contribution is 0.139. The van der Waals surface area contributed by atoms with E-state index in [1.54, 1.807) is 7.05 Å². The van der Waals surface area contributed by atoms with Gasteiger partial charge < -0.3 is 16.0 Å². The molecule has 88 valence electrons. The van der Waals surface area contributed by atoms with Crippen molar-refractivity contribution in [3.63, 3.8) is 0 Å². The van der Waals surface area contributed by atoms with Gasteiger partial charge in [-0.15, -0.1) is 0 Å². The number of nitrogens with one attached hydrogen (secondary N) is 1. The summed E-state index contributed by atoms with van der Waals surface area (Å²) >= 11 is 0. The van der Waals surface area contributed by atoms with Crippen LogP contribution in [0.3, 0.4) is 0 Å². The van der Waals surface area contributed by atoms with Crippen molar-refractivity contribution in [1.29, 1.82) is 0 Å². The average Bonchev–Trinajstić information content (AvgIpc) is 2.29. The summed E-state index contributed by atoms with van der Waals surface area (Å²) in [7, 11) is 1.68. The van der Waals surface area contributed by atoms with E-state index in [-0.39, 0.29) is 6.03 Å². The zero-order valence-corrected chi connectivity index (χ0v) is 9.54. The lowest BCUT2D eigenvalue weighted by Gasteiger charge is -2.34. The third-order valence-corrected chi connectivity index (χ3v) is 2.80. The predicted octanol–water partition coefficient (Wildman–Crippen LogP) is -0.318. The fourth-order valence-corrected chi connectivity index (χ4v) is 1.81. The standard InChI is InChI=1S/C10H22N4O/c1-12-10(15)14-8-6-13(7-9-14)5-3-2-4-11/h2-9,11H2,1H3,(H,12,15). The van der Waals surface area contributed by atoms with E-state index >= 15 is 0 Å². The minimum atomic E-state index is 0.0385. The molecule has 2 amide bonds. The fraction of sp³-hybridized carbons (Fsp3) is 0.900. The molecule has 5 heteroatoms. The van der Waals surface area contributed by atoms with Crippen LogP contribution in [0, 0.1) is 0 Å². The van der Waals surface area contributed by atoms with E-state index in [1.165, 1.54) is 0 Å². The summed E-state index contributed by atoms with van der Waals surface area (Å²) in [5.74, 6) is 0. The van der Waals surface area contributed by atoms with Gasteiger partial charge >= 0.3 is 6.03 Å². The van der Waals surface area contributed by atoms with E-state index in [9.17, 15) is 4.79 Å². The molecule has 0 radical (unpaired) electrons. The quantitative estimate of drug-likeness (QED) is 0.631. The first-order chi connectivity index (χ1) is 7.27. The monoisotopic (exact) mass is 214 g/mol. The van der Waals surface area contributed by atoms with Crippen molar-refractivity contribution < 1.29 is 4.79 Å². The van der Waals surface area contributed by atoms with Crippen molar-refractivity contribution in [1.82, 2.24) is 15.1 Å². The van der Waals surface area contributed by atoms with Crippen LogP contribution in [0.15, 0.2) is 0 Å². The Balaban J connectivity index is 2.15. The molecule has 5 nitrogen and oxygen atoms in total. The molecule has 0 unspecified atom stereocenters. The second-order valence-corrected chi connectivity index (χ2v) is 3.88. The Hall–Kier alpha value is -0.810. The van der Waals surface area contributed by atoms with Crippen LogP contribution in [0.5, 0.6) is 0 Å². The van der Waals surface area contributed by atoms with E-state index in [1.807, 2.05) is 4.90 Å². The summed E-state index contributed by atoms with van der Waals surface area (Å²) in [4.78, 5) is 15.6. The first kappa shape index (κ1) is 12.3. The van der Waals surface area contributed by atoms with Crippen LogP contribution in [0.1, 0.15) is 12.8 Å². The SMILES string of the molecule is CNC(=O)N1CCN(CCCCN)CC1. The van der Waals surface area contributed by atoms with E-state index in [2.05, 4.69) is 10.2 Å².